The van der Waals surface area contributed by atoms with Crippen molar-refractivity contribution < 1.29 is 13.9 Å². The summed E-state index contributed by atoms with van der Waals surface area (Å²) in [7, 11) is 1.46. The number of fused-ring (bicyclic) bond motifs is 1. The Morgan fingerprint density at radius 3 is 2.92 bits per heavy atom. The molecule has 0 radical (unpaired) electrons. The number of rotatable bonds is 5. The minimum atomic E-state index is -0.369. The third-order valence-corrected chi connectivity index (χ3v) is 4.45. The van der Waals surface area contributed by atoms with E-state index in [0.29, 0.717) is 13.0 Å². The smallest absolute Gasteiger partial charge is 0.225 e. The maximum Gasteiger partial charge on any atom is 0.225 e. The Kier molecular flexibility index (Phi) is 4.81. The number of nitrogens with one attached hydrogen (secondary N) is 2. The molecule has 0 bridgehead atoms. The van der Waals surface area contributed by atoms with Crippen molar-refractivity contribution in [2.24, 2.45) is 0 Å². The highest BCUT2D eigenvalue weighted by molar-refractivity contribution is 5.94. The molecule has 1 amide bonds. The molecule has 2 N–H and O–H groups in total. The Labute approximate surface area is 141 Å². The number of para-hydroxylation sites is 1. The fraction of sp³-hybridized carbons (Fsp3) is 0.316. The van der Waals surface area contributed by atoms with Crippen LogP contribution in [-0.4, -0.2) is 19.6 Å². The predicted octanol–water partition coefficient (Wildman–Crippen LogP) is 3.61. The van der Waals surface area contributed by atoms with Gasteiger partial charge in [-0.05, 0) is 36.2 Å². The normalized spacial score (nSPS) is 17.8. The number of ether oxygens (including phenoxy) is 1. The Balaban J connectivity index is 1.70. The van der Waals surface area contributed by atoms with Gasteiger partial charge in [0.1, 0.15) is 0 Å². The van der Waals surface area contributed by atoms with Crippen LogP contribution >= 0.6 is 0 Å². The van der Waals surface area contributed by atoms with E-state index in [-0.39, 0.29) is 29.4 Å². The Morgan fingerprint density at radius 2 is 2.12 bits per heavy atom. The number of halogens is 1. The number of anilines is 1. The highest BCUT2D eigenvalue weighted by Gasteiger charge is 2.25. The lowest BCUT2D eigenvalue weighted by molar-refractivity contribution is -0.116. The van der Waals surface area contributed by atoms with E-state index in [0.717, 1.165) is 16.8 Å². The van der Waals surface area contributed by atoms with E-state index in [2.05, 4.69) is 10.6 Å². The molecule has 24 heavy (non-hydrogen) atoms. The summed E-state index contributed by atoms with van der Waals surface area (Å²) in [6.07, 6.45) is 0.462. The first kappa shape index (κ1) is 16.5. The largest absolute Gasteiger partial charge is 0.494 e. The molecule has 0 saturated heterocycles. The molecule has 3 rings (SSSR count). The van der Waals surface area contributed by atoms with Crippen LogP contribution in [0.3, 0.4) is 0 Å². The quantitative estimate of drug-likeness (QED) is 0.881. The molecular weight excluding hydrogens is 307 g/mol. The second-order valence-corrected chi connectivity index (χ2v) is 6.06. The number of hydrogen-bond donors (Lipinski definition) is 2. The molecule has 0 spiro atoms. The zero-order valence-electron chi connectivity index (χ0n) is 13.8. The molecule has 0 unspecified atom stereocenters. The fourth-order valence-electron chi connectivity index (χ4n) is 3.07. The molecule has 4 nitrogen and oxygen atoms in total. The summed E-state index contributed by atoms with van der Waals surface area (Å²) in [4.78, 5) is 11.9. The number of carbonyl (C=O) groups excluding carboxylic acids is 1. The van der Waals surface area contributed by atoms with Crippen molar-refractivity contribution in [2.75, 3.05) is 19.0 Å². The minimum Gasteiger partial charge on any atom is -0.494 e. The Morgan fingerprint density at radius 1 is 1.33 bits per heavy atom. The summed E-state index contributed by atoms with van der Waals surface area (Å²) < 4.78 is 18.6. The molecule has 2 aromatic carbocycles. The van der Waals surface area contributed by atoms with Crippen LogP contribution in [-0.2, 0) is 4.79 Å². The van der Waals surface area contributed by atoms with E-state index < -0.39 is 0 Å². The average molecular weight is 328 g/mol. The second-order valence-electron chi connectivity index (χ2n) is 6.06. The van der Waals surface area contributed by atoms with Gasteiger partial charge in [0, 0.05) is 30.6 Å². The van der Waals surface area contributed by atoms with Gasteiger partial charge >= 0.3 is 0 Å². The molecule has 0 saturated carbocycles. The first-order valence-corrected chi connectivity index (χ1v) is 8.04. The molecule has 126 valence electrons. The van der Waals surface area contributed by atoms with Crippen molar-refractivity contribution in [1.82, 2.24) is 5.32 Å². The average Bonchev–Trinajstić information content (AvgIpc) is 2.59. The molecule has 1 aliphatic rings. The van der Waals surface area contributed by atoms with Crippen molar-refractivity contribution in [3.63, 3.8) is 0 Å². The molecule has 5 heteroatoms. The van der Waals surface area contributed by atoms with E-state index in [9.17, 15) is 9.18 Å². The molecule has 0 fully saturated rings. The van der Waals surface area contributed by atoms with E-state index in [1.165, 1.54) is 13.2 Å². The lowest BCUT2D eigenvalue weighted by atomic mass is 9.90. The summed E-state index contributed by atoms with van der Waals surface area (Å²) in [5, 5.41) is 6.35. The first-order chi connectivity index (χ1) is 11.6. The van der Waals surface area contributed by atoms with Crippen LogP contribution in [0.2, 0.25) is 0 Å². The van der Waals surface area contributed by atoms with Gasteiger partial charge < -0.3 is 15.4 Å². The van der Waals surface area contributed by atoms with E-state index in [1.807, 2.05) is 31.2 Å². The van der Waals surface area contributed by atoms with Crippen molar-refractivity contribution in [3.8, 4) is 5.75 Å². The van der Waals surface area contributed by atoms with Gasteiger partial charge in [-0.1, -0.05) is 24.3 Å². The molecule has 1 aliphatic heterocycles. The topological polar surface area (TPSA) is 50.4 Å². The number of methoxy groups -OCH3 is 1. The molecule has 2 aromatic rings. The monoisotopic (exact) mass is 328 g/mol. The minimum absolute atomic E-state index is 0.0247. The van der Waals surface area contributed by atoms with Crippen molar-refractivity contribution in [2.45, 2.75) is 25.3 Å². The maximum atomic E-state index is 13.5. The van der Waals surface area contributed by atoms with Crippen molar-refractivity contribution >= 4 is 11.6 Å². The Bertz CT molecular complexity index is 748. The van der Waals surface area contributed by atoms with Gasteiger partial charge in [0.05, 0.1) is 7.11 Å². The first-order valence-electron chi connectivity index (χ1n) is 8.04. The molecular formula is C19H21FN2O2. The summed E-state index contributed by atoms with van der Waals surface area (Å²) in [6.45, 7) is 2.69. The summed E-state index contributed by atoms with van der Waals surface area (Å²) in [5.41, 5.74) is 2.98. The summed E-state index contributed by atoms with van der Waals surface area (Å²) in [6, 6.07) is 12.8. The number of hydrogen-bond acceptors (Lipinski definition) is 3. The number of carbonyl (C=O) groups is 1. The highest BCUT2D eigenvalue weighted by atomic mass is 19.1. The van der Waals surface area contributed by atoms with Crippen LogP contribution in [0.4, 0.5) is 10.1 Å². The molecule has 2 atom stereocenters. The van der Waals surface area contributed by atoms with Gasteiger partial charge in [-0.3, -0.25) is 4.79 Å². The second kappa shape index (κ2) is 7.01. The number of benzene rings is 2. The lowest BCUT2D eigenvalue weighted by Gasteiger charge is -2.27. The highest BCUT2D eigenvalue weighted by Crippen LogP contribution is 2.32. The van der Waals surface area contributed by atoms with Gasteiger partial charge in [-0.15, -0.1) is 0 Å². The van der Waals surface area contributed by atoms with Gasteiger partial charge in [0.15, 0.2) is 11.6 Å². The number of amides is 1. The van der Waals surface area contributed by atoms with Crippen LogP contribution < -0.4 is 15.4 Å². The lowest BCUT2D eigenvalue weighted by Crippen LogP contribution is -2.31. The van der Waals surface area contributed by atoms with Gasteiger partial charge in [-0.2, -0.15) is 0 Å². The van der Waals surface area contributed by atoms with E-state index in [1.54, 1.807) is 12.1 Å². The molecule has 1 heterocycles. The standard InChI is InChI=1S/C19H21FN2O2/c1-12(13-7-8-16(20)18(9-13)24-2)21-11-14-10-19(23)22-17-6-4-3-5-15(14)17/h3-9,12,14,21H,10-11H2,1-2H3,(H,22,23)/t12-,14-/m1/s1. The third-order valence-electron chi connectivity index (χ3n) is 4.45. The van der Waals surface area contributed by atoms with Gasteiger partial charge in [-0.25, -0.2) is 4.39 Å². The maximum absolute atomic E-state index is 13.5. The SMILES string of the molecule is COc1cc([C@@H](C)NC[C@H]2CC(=O)Nc3ccccc32)ccc1F. The summed E-state index contributed by atoms with van der Waals surface area (Å²) in [5.74, 6) is 0.0335. The fourth-order valence-corrected chi connectivity index (χ4v) is 3.07. The van der Waals surface area contributed by atoms with Crippen molar-refractivity contribution in [3.05, 3.63) is 59.4 Å². The van der Waals surface area contributed by atoms with E-state index >= 15 is 0 Å². The zero-order valence-corrected chi connectivity index (χ0v) is 13.8. The molecule has 0 aromatic heterocycles. The van der Waals surface area contributed by atoms with Gasteiger partial charge in [0.2, 0.25) is 5.91 Å². The third kappa shape index (κ3) is 3.41. The van der Waals surface area contributed by atoms with Gasteiger partial charge in [0.25, 0.3) is 0 Å². The summed E-state index contributed by atoms with van der Waals surface area (Å²) >= 11 is 0. The van der Waals surface area contributed by atoms with Crippen LogP contribution in [0, 0.1) is 5.82 Å². The predicted molar refractivity (Wildman–Crippen MR) is 91.8 cm³/mol. The van der Waals surface area contributed by atoms with Crippen LogP contribution in [0.1, 0.15) is 36.4 Å². The van der Waals surface area contributed by atoms with Crippen LogP contribution in [0.15, 0.2) is 42.5 Å². The zero-order chi connectivity index (χ0) is 17.1. The van der Waals surface area contributed by atoms with E-state index in [4.69, 9.17) is 4.74 Å². The Hall–Kier alpha value is -2.40. The molecule has 0 aliphatic carbocycles. The van der Waals surface area contributed by atoms with Crippen molar-refractivity contribution in [1.29, 1.82) is 0 Å². The van der Waals surface area contributed by atoms with Crippen LogP contribution in [0.5, 0.6) is 5.75 Å². The van der Waals surface area contributed by atoms with Crippen LogP contribution in [0.25, 0.3) is 0 Å².